The maximum Gasteiger partial charge on any atom is 0.0909 e. The van der Waals surface area contributed by atoms with Crippen LogP contribution in [0.25, 0.3) is 10.8 Å². The summed E-state index contributed by atoms with van der Waals surface area (Å²) in [6, 6.07) is 13.0. The topological polar surface area (TPSA) is 6.48 Å². The van der Waals surface area contributed by atoms with Crippen LogP contribution in [0.3, 0.4) is 0 Å². The van der Waals surface area contributed by atoms with Gasteiger partial charge in [0, 0.05) is 29.9 Å². The minimum atomic E-state index is 0.862. The number of hydrogen-bond donors (Lipinski definition) is 0. The predicted octanol–water partition coefficient (Wildman–Crippen LogP) is 3.80. The fourth-order valence-corrected chi connectivity index (χ4v) is 2.81. The van der Waals surface area contributed by atoms with Crippen molar-refractivity contribution in [2.24, 2.45) is 0 Å². The SMILES string of the molecule is C=CCN1CN(CC=C)c2cccc3cccc1c23. The molecule has 0 aromatic heterocycles. The van der Waals surface area contributed by atoms with Crippen LogP contribution < -0.4 is 9.80 Å². The average Bonchev–Trinajstić information content (AvgIpc) is 2.44. The maximum absolute atomic E-state index is 3.87. The van der Waals surface area contributed by atoms with Crippen LogP contribution in [0.5, 0.6) is 0 Å². The highest BCUT2D eigenvalue weighted by molar-refractivity contribution is 6.05. The van der Waals surface area contributed by atoms with E-state index in [0.717, 1.165) is 19.8 Å². The van der Waals surface area contributed by atoms with Gasteiger partial charge in [-0.3, -0.25) is 0 Å². The molecule has 2 aromatic rings. The summed E-state index contributed by atoms with van der Waals surface area (Å²) < 4.78 is 0. The molecule has 19 heavy (non-hydrogen) atoms. The Balaban J connectivity index is 2.23. The first-order valence-electron chi connectivity index (χ1n) is 6.58. The summed E-state index contributed by atoms with van der Waals surface area (Å²) >= 11 is 0. The van der Waals surface area contributed by atoms with Crippen molar-refractivity contribution in [2.75, 3.05) is 29.6 Å². The summed E-state index contributed by atoms with van der Waals surface area (Å²) in [5.41, 5.74) is 2.60. The molecule has 0 aliphatic carbocycles. The van der Waals surface area contributed by atoms with Crippen molar-refractivity contribution in [3.8, 4) is 0 Å². The molecular weight excluding hydrogens is 232 g/mol. The number of nitrogens with zero attached hydrogens (tertiary/aromatic N) is 2. The summed E-state index contributed by atoms with van der Waals surface area (Å²) in [7, 11) is 0. The van der Waals surface area contributed by atoms with Crippen LogP contribution in [-0.2, 0) is 0 Å². The molecule has 2 aromatic carbocycles. The Hall–Kier alpha value is -2.22. The van der Waals surface area contributed by atoms with E-state index in [0.29, 0.717) is 0 Å². The standard InChI is InChI=1S/C17H18N2/c1-3-11-18-13-19(12-4-2)16-10-6-8-14-7-5-9-15(18)17(14)16/h3-10H,1-2,11-13H2. The summed E-state index contributed by atoms with van der Waals surface area (Å²) in [5.74, 6) is 0. The molecule has 0 spiro atoms. The Morgan fingerprint density at radius 2 is 1.42 bits per heavy atom. The largest absolute Gasteiger partial charge is 0.350 e. The average molecular weight is 250 g/mol. The van der Waals surface area contributed by atoms with E-state index in [1.54, 1.807) is 0 Å². The second-order valence-corrected chi connectivity index (χ2v) is 4.82. The third-order valence-corrected chi connectivity index (χ3v) is 3.58. The molecule has 3 rings (SSSR count). The zero-order chi connectivity index (χ0) is 13.2. The maximum atomic E-state index is 3.87. The molecule has 0 saturated carbocycles. The molecular formula is C17H18N2. The molecule has 96 valence electrons. The van der Waals surface area contributed by atoms with E-state index < -0.39 is 0 Å². The monoisotopic (exact) mass is 250 g/mol. The molecule has 1 aliphatic rings. The van der Waals surface area contributed by atoms with Gasteiger partial charge in [-0.2, -0.15) is 0 Å². The van der Waals surface area contributed by atoms with Gasteiger partial charge in [0.05, 0.1) is 6.67 Å². The Morgan fingerprint density at radius 1 is 0.895 bits per heavy atom. The molecule has 1 heterocycles. The Bertz CT molecular complexity index is 579. The summed E-state index contributed by atoms with van der Waals surface area (Å²) in [6.07, 6.45) is 3.91. The van der Waals surface area contributed by atoms with Crippen molar-refractivity contribution >= 4 is 22.1 Å². The molecule has 0 atom stereocenters. The van der Waals surface area contributed by atoms with Crippen molar-refractivity contribution in [2.45, 2.75) is 0 Å². The van der Waals surface area contributed by atoms with Gasteiger partial charge >= 0.3 is 0 Å². The molecule has 1 aliphatic heterocycles. The molecule has 0 saturated heterocycles. The third-order valence-electron chi connectivity index (χ3n) is 3.58. The predicted molar refractivity (Wildman–Crippen MR) is 83.9 cm³/mol. The highest BCUT2D eigenvalue weighted by Crippen LogP contribution is 2.38. The third kappa shape index (κ3) is 1.89. The van der Waals surface area contributed by atoms with Crippen LogP contribution in [-0.4, -0.2) is 19.8 Å². The van der Waals surface area contributed by atoms with Gasteiger partial charge in [-0.05, 0) is 17.5 Å². The lowest BCUT2D eigenvalue weighted by molar-refractivity contribution is 0.784. The van der Waals surface area contributed by atoms with Gasteiger partial charge in [-0.25, -0.2) is 0 Å². The molecule has 0 N–H and O–H groups in total. The van der Waals surface area contributed by atoms with Gasteiger partial charge in [0.25, 0.3) is 0 Å². The number of hydrogen-bond acceptors (Lipinski definition) is 2. The fourth-order valence-electron chi connectivity index (χ4n) is 2.81. The van der Waals surface area contributed by atoms with Crippen molar-refractivity contribution in [3.63, 3.8) is 0 Å². The smallest absolute Gasteiger partial charge is 0.0909 e. The highest BCUT2D eigenvalue weighted by atomic mass is 15.3. The Morgan fingerprint density at radius 3 is 1.89 bits per heavy atom. The first kappa shape index (κ1) is 11.8. The summed E-state index contributed by atoms with van der Waals surface area (Å²) in [5, 5.41) is 2.62. The van der Waals surface area contributed by atoms with Crippen molar-refractivity contribution in [1.29, 1.82) is 0 Å². The van der Waals surface area contributed by atoms with E-state index in [1.807, 2.05) is 12.2 Å². The Labute approximate surface area is 114 Å². The van der Waals surface area contributed by atoms with E-state index in [2.05, 4.69) is 59.4 Å². The Kier molecular flexibility index (Phi) is 3.00. The minimum absolute atomic E-state index is 0.862. The van der Waals surface area contributed by atoms with E-state index in [-0.39, 0.29) is 0 Å². The molecule has 2 nitrogen and oxygen atoms in total. The molecule has 2 heteroatoms. The van der Waals surface area contributed by atoms with Gasteiger partial charge in [-0.15, -0.1) is 13.2 Å². The number of anilines is 2. The van der Waals surface area contributed by atoms with Crippen LogP contribution >= 0.6 is 0 Å². The lowest BCUT2D eigenvalue weighted by Gasteiger charge is -2.38. The van der Waals surface area contributed by atoms with Gasteiger partial charge in [-0.1, -0.05) is 36.4 Å². The second kappa shape index (κ2) is 4.81. The lowest BCUT2D eigenvalue weighted by Crippen LogP contribution is -2.41. The van der Waals surface area contributed by atoms with Crippen molar-refractivity contribution in [1.82, 2.24) is 0 Å². The van der Waals surface area contributed by atoms with Crippen molar-refractivity contribution in [3.05, 3.63) is 61.7 Å². The first-order chi connectivity index (χ1) is 9.35. The van der Waals surface area contributed by atoms with Gasteiger partial charge in [0.2, 0.25) is 0 Å². The first-order valence-corrected chi connectivity index (χ1v) is 6.58. The number of benzene rings is 2. The normalized spacial score (nSPS) is 13.7. The number of rotatable bonds is 4. The van der Waals surface area contributed by atoms with Crippen LogP contribution in [0.1, 0.15) is 0 Å². The van der Waals surface area contributed by atoms with Crippen LogP contribution in [0.15, 0.2) is 61.7 Å². The fraction of sp³-hybridized carbons (Fsp3) is 0.176. The van der Waals surface area contributed by atoms with E-state index in [9.17, 15) is 0 Å². The highest BCUT2D eigenvalue weighted by Gasteiger charge is 2.22. The van der Waals surface area contributed by atoms with Crippen LogP contribution in [0, 0.1) is 0 Å². The molecule has 0 fully saturated rings. The summed E-state index contributed by atoms with van der Waals surface area (Å²) in [6.45, 7) is 10.3. The van der Waals surface area contributed by atoms with E-state index in [4.69, 9.17) is 0 Å². The molecule has 0 amide bonds. The van der Waals surface area contributed by atoms with Gasteiger partial charge in [0.15, 0.2) is 0 Å². The van der Waals surface area contributed by atoms with Crippen LogP contribution in [0.2, 0.25) is 0 Å². The van der Waals surface area contributed by atoms with Crippen LogP contribution in [0.4, 0.5) is 11.4 Å². The second-order valence-electron chi connectivity index (χ2n) is 4.82. The quantitative estimate of drug-likeness (QED) is 0.762. The zero-order valence-electron chi connectivity index (χ0n) is 11.0. The minimum Gasteiger partial charge on any atom is -0.350 e. The zero-order valence-corrected chi connectivity index (χ0v) is 11.0. The van der Waals surface area contributed by atoms with Gasteiger partial charge in [0.1, 0.15) is 0 Å². The van der Waals surface area contributed by atoms with Crippen molar-refractivity contribution < 1.29 is 0 Å². The lowest BCUT2D eigenvalue weighted by atomic mass is 10.0. The summed E-state index contributed by atoms with van der Waals surface area (Å²) in [4.78, 5) is 4.71. The molecule has 0 bridgehead atoms. The molecule has 0 unspecified atom stereocenters. The van der Waals surface area contributed by atoms with E-state index >= 15 is 0 Å². The van der Waals surface area contributed by atoms with Gasteiger partial charge < -0.3 is 9.80 Å². The van der Waals surface area contributed by atoms with E-state index in [1.165, 1.54) is 22.1 Å². The molecule has 0 radical (unpaired) electrons.